The van der Waals surface area contributed by atoms with E-state index in [1.807, 2.05) is 43.9 Å². The number of hydrogen-bond donors (Lipinski definition) is 3. The minimum absolute atomic E-state index is 0.601. The molecule has 0 saturated carbocycles. The zero-order valence-electron chi connectivity index (χ0n) is 21.0. The van der Waals surface area contributed by atoms with Gasteiger partial charge in [-0.1, -0.05) is 69.4 Å². The lowest BCUT2D eigenvalue weighted by atomic mass is 9.90. The minimum atomic E-state index is 0.601. The Labute approximate surface area is 204 Å². The first kappa shape index (κ1) is 26.3. The highest BCUT2D eigenvalue weighted by atomic mass is 15.2. The first-order valence-corrected chi connectivity index (χ1v) is 11.1. The summed E-state index contributed by atoms with van der Waals surface area (Å²) in [6.45, 7) is 33.4. The third-order valence-corrected chi connectivity index (χ3v) is 5.61. The van der Waals surface area contributed by atoms with Crippen LogP contribution in [-0.4, -0.2) is 23.7 Å². The zero-order valence-corrected chi connectivity index (χ0v) is 21.0. The molecule has 0 aromatic rings. The molecule has 0 atom stereocenters. The normalized spacial score (nSPS) is 17.2. The molecule has 0 aromatic carbocycles. The van der Waals surface area contributed by atoms with Crippen molar-refractivity contribution >= 4 is 5.71 Å². The predicted octanol–water partition coefficient (Wildman–Crippen LogP) is 5.65. The molecule has 0 spiro atoms. The lowest BCUT2D eigenvalue weighted by Crippen LogP contribution is -2.30. The van der Waals surface area contributed by atoms with Crippen molar-refractivity contribution in [3.63, 3.8) is 0 Å². The van der Waals surface area contributed by atoms with E-state index in [1.54, 1.807) is 6.08 Å². The van der Waals surface area contributed by atoms with Gasteiger partial charge in [0.05, 0.1) is 28.5 Å². The van der Waals surface area contributed by atoms with Crippen LogP contribution < -0.4 is 16.4 Å². The van der Waals surface area contributed by atoms with Crippen molar-refractivity contribution in [3.05, 3.63) is 132 Å². The van der Waals surface area contributed by atoms with Gasteiger partial charge in [-0.25, -0.2) is 4.99 Å². The van der Waals surface area contributed by atoms with E-state index in [1.165, 1.54) is 0 Å². The summed E-state index contributed by atoms with van der Waals surface area (Å²) in [5, 5.41) is 6.71. The van der Waals surface area contributed by atoms with Gasteiger partial charge in [0.15, 0.2) is 0 Å². The summed E-state index contributed by atoms with van der Waals surface area (Å²) in [6.07, 6.45) is 9.85. The number of nitrogens with zero attached hydrogens (tertiary/aromatic N) is 2. The van der Waals surface area contributed by atoms with Crippen LogP contribution in [0.4, 0.5) is 0 Å². The zero-order chi connectivity index (χ0) is 25.6. The SMILES string of the molecule is C=C/C=C(\C=C(/C)CNC(=C)C1=NC(=C)N(/C(C)=C\C)C(C(=C)C)=C1)CNC1=C(N)C(=C)C1=C. The molecule has 34 heavy (non-hydrogen) atoms. The van der Waals surface area contributed by atoms with Gasteiger partial charge in [0.1, 0.15) is 5.82 Å². The van der Waals surface area contributed by atoms with Crippen LogP contribution in [0.2, 0.25) is 0 Å². The number of rotatable bonds is 11. The predicted molar refractivity (Wildman–Crippen MR) is 147 cm³/mol. The minimum Gasteiger partial charge on any atom is -0.397 e. The molecule has 0 fully saturated rings. The van der Waals surface area contributed by atoms with E-state index in [-0.39, 0.29) is 0 Å². The maximum Gasteiger partial charge on any atom is 0.130 e. The lowest BCUT2D eigenvalue weighted by molar-refractivity contribution is 0.526. The molecule has 5 heteroatoms. The molecular weight excluding hydrogens is 418 g/mol. The molecule has 0 aromatic heterocycles. The van der Waals surface area contributed by atoms with Crippen LogP contribution in [0.25, 0.3) is 0 Å². The average molecular weight is 456 g/mol. The molecule has 4 N–H and O–H groups in total. The van der Waals surface area contributed by atoms with Crippen molar-refractivity contribution in [1.82, 2.24) is 15.5 Å². The third kappa shape index (κ3) is 5.87. The Kier molecular flexibility index (Phi) is 8.68. The second-order valence-electron chi connectivity index (χ2n) is 8.39. The van der Waals surface area contributed by atoms with Gasteiger partial charge in [-0.05, 0) is 44.9 Å². The Bertz CT molecular complexity index is 1140. The summed E-state index contributed by atoms with van der Waals surface area (Å²) < 4.78 is 0. The number of hydrogen-bond acceptors (Lipinski definition) is 5. The van der Waals surface area contributed by atoms with Crippen LogP contribution >= 0.6 is 0 Å². The number of allylic oxidation sites excluding steroid dienone is 8. The maximum absolute atomic E-state index is 5.99. The molecule has 178 valence electrons. The maximum atomic E-state index is 5.99. The number of nitrogens with two attached hydrogens (primary N) is 1. The highest BCUT2D eigenvalue weighted by molar-refractivity contribution is 6.09. The quantitative estimate of drug-likeness (QED) is 0.353. The highest BCUT2D eigenvalue weighted by Gasteiger charge is 2.23. The van der Waals surface area contributed by atoms with Gasteiger partial charge in [0, 0.05) is 29.9 Å². The summed E-state index contributed by atoms with van der Waals surface area (Å²) in [4.78, 5) is 6.66. The average Bonchev–Trinajstić information content (AvgIpc) is 2.81. The van der Waals surface area contributed by atoms with Gasteiger partial charge in [-0.3, -0.25) is 4.90 Å². The fourth-order valence-electron chi connectivity index (χ4n) is 3.52. The Morgan fingerprint density at radius 2 is 1.79 bits per heavy atom. The molecule has 0 bridgehead atoms. The van der Waals surface area contributed by atoms with Crippen molar-refractivity contribution < 1.29 is 0 Å². The largest absolute Gasteiger partial charge is 0.397 e. The summed E-state index contributed by atoms with van der Waals surface area (Å²) in [6, 6.07) is 0. The van der Waals surface area contributed by atoms with Gasteiger partial charge in [0.25, 0.3) is 0 Å². The van der Waals surface area contributed by atoms with Crippen LogP contribution in [-0.2, 0) is 0 Å². The molecular formula is C29H37N5. The van der Waals surface area contributed by atoms with Crippen molar-refractivity contribution in [3.8, 4) is 0 Å². The number of nitrogens with one attached hydrogen (secondary N) is 2. The van der Waals surface area contributed by atoms with Crippen molar-refractivity contribution in [1.29, 1.82) is 0 Å². The van der Waals surface area contributed by atoms with Crippen LogP contribution in [0.3, 0.4) is 0 Å². The van der Waals surface area contributed by atoms with E-state index in [4.69, 9.17) is 5.73 Å². The molecule has 5 nitrogen and oxygen atoms in total. The van der Waals surface area contributed by atoms with Crippen LogP contribution in [0, 0.1) is 0 Å². The van der Waals surface area contributed by atoms with Crippen LogP contribution in [0.15, 0.2) is 137 Å². The Hall–Kier alpha value is -3.99. The van der Waals surface area contributed by atoms with E-state index in [0.717, 1.165) is 56.4 Å². The van der Waals surface area contributed by atoms with E-state index in [9.17, 15) is 0 Å². The van der Waals surface area contributed by atoms with Crippen LogP contribution in [0.1, 0.15) is 27.7 Å². The van der Waals surface area contributed by atoms with Crippen LogP contribution in [0.5, 0.6) is 0 Å². The fourth-order valence-corrected chi connectivity index (χ4v) is 3.52. The van der Waals surface area contributed by atoms with Gasteiger partial charge >= 0.3 is 0 Å². The molecule has 1 heterocycles. The Morgan fingerprint density at radius 3 is 2.35 bits per heavy atom. The molecule has 2 rings (SSSR count). The summed E-state index contributed by atoms with van der Waals surface area (Å²) in [7, 11) is 0. The van der Waals surface area contributed by atoms with Crippen molar-refractivity contribution in [2.45, 2.75) is 27.7 Å². The Morgan fingerprint density at radius 1 is 1.12 bits per heavy atom. The van der Waals surface area contributed by atoms with Gasteiger partial charge in [0.2, 0.25) is 0 Å². The van der Waals surface area contributed by atoms with E-state index in [2.05, 4.69) is 68.1 Å². The monoisotopic (exact) mass is 455 g/mol. The van der Waals surface area contributed by atoms with E-state index >= 15 is 0 Å². The summed E-state index contributed by atoms with van der Waals surface area (Å²) in [5.74, 6) is 0.637. The standard InChI is InChI=1S/C29H37N5/c1-11-13-25(17-32-29-22(8)21(7)28(29)30)14-19(5)16-31-23(9)26-15-27(18(3)4)34(20(6)12-2)24(10)33-26/h11-15,31-32H,1,3,7-10,16-17,30H2,2,4-6H3/b19-14+,20-12-,25-13+. The molecule has 0 amide bonds. The summed E-state index contributed by atoms with van der Waals surface area (Å²) >= 11 is 0. The Balaban J connectivity index is 2.07. The van der Waals surface area contributed by atoms with Gasteiger partial charge in [-0.15, -0.1) is 0 Å². The molecule has 2 aliphatic rings. The fraction of sp³-hybridized carbons (Fsp3) is 0.207. The highest BCUT2D eigenvalue weighted by Crippen LogP contribution is 2.32. The first-order valence-electron chi connectivity index (χ1n) is 11.1. The van der Waals surface area contributed by atoms with Gasteiger partial charge in [-0.2, -0.15) is 0 Å². The summed E-state index contributed by atoms with van der Waals surface area (Å²) in [5.41, 5.74) is 15.8. The van der Waals surface area contributed by atoms with Crippen molar-refractivity contribution in [2.75, 3.05) is 13.1 Å². The smallest absolute Gasteiger partial charge is 0.130 e. The van der Waals surface area contributed by atoms with E-state index < -0.39 is 0 Å². The third-order valence-electron chi connectivity index (χ3n) is 5.61. The van der Waals surface area contributed by atoms with E-state index in [0.29, 0.717) is 24.6 Å². The second-order valence-corrected chi connectivity index (χ2v) is 8.39. The first-order chi connectivity index (χ1) is 16.0. The molecule has 0 unspecified atom stereocenters. The van der Waals surface area contributed by atoms with Crippen molar-refractivity contribution in [2.24, 2.45) is 10.7 Å². The number of aliphatic imine (C=N–C) groups is 1. The molecule has 0 radical (unpaired) electrons. The topological polar surface area (TPSA) is 65.7 Å². The molecule has 0 saturated heterocycles. The second kappa shape index (κ2) is 11.2. The molecule has 1 aliphatic heterocycles. The van der Waals surface area contributed by atoms with Gasteiger partial charge < -0.3 is 16.4 Å². The lowest BCUT2D eigenvalue weighted by Gasteiger charge is -2.31. The molecule has 1 aliphatic carbocycles.